The number of nitrogens with one attached hydrogen (secondary N) is 2. The highest BCUT2D eigenvalue weighted by atomic mass is 16.2. The van der Waals surface area contributed by atoms with E-state index in [1.807, 2.05) is 20.8 Å². The molecule has 0 atom stereocenters. The minimum atomic E-state index is -0.458. The number of carbonyl (C=O) groups excluding carboxylic acids is 1. The Morgan fingerprint density at radius 3 is 2.32 bits per heavy atom. The van der Waals surface area contributed by atoms with Gasteiger partial charge in [0.15, 0.2) is 0 Å². The van der Waals surface area contributed by atoms with Gasteiger partial charge in [0.2, 0.25) is 5.91 Å². The maximum atomic E-state index is 11.7. The van der Waals surface area contributed by atoms with Crippen molar-refractivity contribution in [1.29, 1.82) is 0 Å². The molecule has 7 heteroatoms. The van der Waals surface area contributed by atoms with Gasteiger partial charge in [-0.05, 0) is 5.41 Å². The average Bonchev–Trinajstić information content (AvgIpc) is 2.27. The fourth-order valence-corrected chi connectivity index (χ4v) is 1.51. The van der Waals surface area contributed by atoms with Crippen LogP contribution in [0, 0.1) is 5.41 Å². The zero-order valence-electron chi connectivity index (χ0n) is 11.9. The standard InChI is InChI=1S/C12H20N4O3/c1-12(2,3)7-9(17)14-13-8-6-10(18)16(5)11(19)15(8)4/h6,13H,7H2,1-5H3,(H,14,17). The molecule has 1 aromatic heterocycles. The van der Waals surface area contributed by atoms with Crippen LogP contribution in [-0.2, 0) is 18.9 Å². The highest BCUT2D eigenvalue weighted by Gasteiger charge is 2.16. The van der Waals surface area contributed by atoms with E-state index in [0.717, 1.165) is 4.57 Å². The first-order valence-corrected chi connectivity index (χ1v) is 5.94. The second-order valence-corrected chi connectivity index (χ2v) is 5.68. The molecule has 0 fully saturated rings. The van der Waals surface area contributed by atoms with Crippen LogP contribution in [0.4, 0.5) is 5.82 Å². The maximum absolute atomic E-state index is 11.7. The first-order valence-electron chi connectivity index (χ1n) is 5.94. The van der Waals surface area contributed by atoms with E-state index >= 15 is 0 Å². The molecule has 0 radical (unpaired) electrons. The maximum Gasteiger partial charge on any atom is 0.332 e. The fourth-order valence-electron chi connectivity index (χ4n) is 1.51. The first-order chi connectivity index (χ1) is 8.61. The summed E-state index contributed by atoms with van der Waals surface area (Å²) < 4.78 is 2.24. The number of aromatic nitrogens is 2. The lowest BCUT2D eigenvalue weighted by atomic mass is 9.92. The van der Waals surface area contributed by atoms with Gasteiger partial charge < -0.3 is 0 Å². The molecule has 1 amide bonds. The number of hydrogen-bond donors (Lipinski definition) is 2. The summed E-state index contributed by atoms with van der Waals surface area (Å²) in [5.74, 6) is 0.0379. The van der Waals surface area contributed by atoms with Gasteiger partial charge in [-0.3, -0.25) is 29.6 Å². The largest absolute Gasteiger partial charge is 0.332 e. The molecule has 7 nitrogen and oxygen atoms in total. The van der Waals surface area contributed by atoms with Gasteiger partial charge in [0, 0.05) is 26.6 Å². The van der Waals surface area contributed by atoms with Gasteiger partial charge in [0.1, 0.15) is 5.82 Å². The molecule has 1 aromatic rings. The minimum Gasteiger partial charge on any atom is -0.283 e. The molecule has 0 saturated carbocycles. The molecular formula is C12H20N4O3. The lowest BCUT2D eigenvalue weighted by Crippen LogP contribution is -2.40. The number of rotatable bonds is 3. The van der Waals surface area contributed by atoms with E-state index in [1.165, 1.54) is 24.7 Å². The summed E-state index contributed by atoms with van der Waals surface area (Å²) in [5, 5.41) is 0. The van der Waals surface area contributed by atoms with Crippen molar-refractivity contribution in [2.45, 2.75) is 27.2 Å². The zero-order valence-corrected chi connectivity index (χ0v) is 11.9. The van der Waals surface area contributed by atoms with Gasteiger partial charge in [-0.25, -0.2) is 4.79 Å². The monoisotopic (exact) mass is 268 g/mol. The normalized spacial score (nSPS) is 11.2. The van der Waals surface area contributed by atoms with Crippen molar-refractivity contribution in [1.82, 2.24) is 14.6 Å². The topological polar surface area (TPSA) is 85.1 Å². The van der Waals surface area contributed by atoms with E-state index < -0.39 is 11.2 Å². The molecule has 0 spiro atoms. The number of carbonyl (C=O) groups is 1. The van der Waals surface area contributed by atoms with Crippen molar-refractivity contribution >= 4 is 11.7 Å². The van der Waals surface area contributed by atoms with Crippen LogP contribution in [0.5, 0.6) is 0 Å². The molecule has 1 rings (SSSR count). The quantitative estimate of drug-likeness (QED) is 0.753. The Balaban J connectivity index is 2.83. The van der Waals surface area contributed by atoms with Gasteiger partial charge in [-0.2, -0.15) is 0 Å². The zero-order chi connectivity index (χ0) is 14.8. The van der Waals surface area contributed by atoms with E-state index in [2.05, 4.69) is 10.9 Å². The fraction of sp³-hybridized carbons (Fsp3) is 0.583. The second-order valence-electron chi connectivity index (χ2n) is 5.68. The molecule has 19 heavy (non-hydrogen) atoms. The van der Waals surface area contributed by atoms with Crippen LogP contribution in [0.3, 0.4) is 0 Å². The molecule has 0 aliphatic heterocycles. The van der Waals surface area contributed by atoms with Crippen molar-refractivity contribution in [2.75, 3.05) is 5.43 Å². The Labute approximate surface area is 111 Å². The lowest BCUT2D eigenvalue weighted by molar-refractivity contribution is -0.122. The number of nitrogens with zero attached hydrogens (tertiary/aromatic N) is 2. The van der Waals surface area contributed by atoms with Gasteiger partial charge in [-0.15, -0.1) is 0 Å². The van der Waals surface area contributed by atoms with E-state index in [9.17, 15) is 14.4 Å². The van der Waals surface area contributed by atoms with Crippen LogP contribution in [0.15, 0.2) is 15.7 Å². The van der Waals surface area contributed by atoms with Crippen LogP contribution in [0.2, 0.25) is 0 Å². The smallest absolute Gasteiger partial charge is 0.283 e. The molecule has 0 saturated heterocycles. The van der Waals surface area contributed by atoms with Crippen LogP contribution >= 0.6 is 0 Å². The predicted molar refractivity (Wildman–Crippen MR) is 72.8 cm³/mol. The third-order valence-corrected chi connectivity index (χ3v) is 2.55. The van der Waals surface area contributed by atoms with E-state index in [-0.39, 0.29) is 17.1 Å². The third-order valence-electron chi connectivity index (χ3n) is 2.55. The van der Waals surface area contributed by atoms with Gasteiger partial charge in [-0.1, -0.05) is 20.8 Å². The van der Waals surface area contributed by atoms with Crippen molar-refractivity contribution in [3.63, 3.8) is 0 Å². The van der Waals surface area contributed by atoms with Crippen LogP contribution in [-0.4, -0.2) is 15.0 Å². The third kappa shape index (κ3) is 3.97. The minimum absolute atomic E-state index is 0.134. The predicted octanol–water partition coefficient (Wildman–Crippen LogP) is -0.0367. The van der Waals surface area contributed by atoms with Crippen LogP contribution < -0.4 is 22.1 Å². The molecule has 1 heterocycles. The van der Waals surface area contributed by atoms with Gasteiger partial charge in [0.25, 0.3) is 5.56 Å². The van der Waals surface area contributed by atoms with Crippen LogP contribution in [0.1, 0.15) is 27.2 Å². The number of hydrazine groups is 1. The van der Waals surface area contributed by atoms with Crippen molar-refractivity contribution in [3.8, 4) is 0 Å². The van der Waals surface area contributed by atoms with E-state index in [0.29, 0.717) is 6.42 Å². The molecule has 0 aliphatic rings. The molecule has 2 N–H and O–H groups in total. The summed E-state index contributed by atoms with van der Waals surface area (Å²) in [6.45, 7) is 5.84. The molecular weight excluding hydrogens is 248 g/mol. The Kier molecular flexibility index (Phi) is 4.18. The number of amides is 1. The van der Waals surface area contributed by atoms with Crippen LogP contribution in [0.25, 0.3) is 0 Å². The molecule has 0 unspecified atom stereocenters. The summed E-state index contributed by atoms with van der Waals surface area (Å²) in [4.78, 5) is 34.8. The number of anilines is 1. The first kappa shape index (κ1) is 15.0. The van der Waals surface area contributed by atoms with Crippen molar-refractivity contribution < 1.29 is 4.79 Å². The molecule has 0 aliphatic carbocycles. The van der Waals surface area contributed by atoms with Gasteiger partial charge in [0.05, 0.1) is 0 Å². The van der Waals surface area contributed by atoms with E-state index in [1.54, 1.807) is 0 Å². The van der Waals surface area contributed by atoms with Crippen molar-refractivity contribution in [2.24, 2.45) is 19.5 Å². The van der Waals surface area contributed by atoms with Gasteiger partial charge >= 0.3 is 5.69 Å². The van der Waals surface area contributed by atoms with E-state index in [4.69, 9.17) is 0 Å². The average molecular weight is 268 g/mol. The molecule has 106 valence electrons. The molecule has 0 bridgehead atoms. The molecule has 0 aromatic carbocycles. The second kappa shape index (κ2) is 5.29. The summed E-state index contributed by atoms with van der Waals surface area (Å²) in [6, 6.07) is 1.25. The SMILES string of the molecule is Cn1c(NNC(=O)CC(C)(C)C)cc(=O)n(C)c1=O. The Morgan fingerprint density at radius 1 is 1.21 bits per heavy atom. The Hall–Kier alpha value is -2.05. The highest BCUT2D eigenvalue weighted by molar-refractivity contribution is 5.77. The Morgan fingerprint density at radius 2 is 1.79 bits per heavy atom. The summed E-state index contributed by atoms with van der Waals surface area (Å²) >= 11 is 0. The summed E-state index contributed by atoms with van der Waals surface area (Å²) in [7, 11) is 2.91. The summed E-state index contributed by atoms with van der Waals surface area (Å²) in [5.41, 5.74) is 4.04. The summed E-state index contributed by atoms with van der Waals surface area (Å²) in [6.07, 6.45) is 0.332. The van der Waals surface area contributed by atoms with Crippen molar-refractivity contribution in [3.05, 3.63) is 26.9 Å². The Bertz CT molecular complexity index is 592. The lowest BCUT2D eigenvalue weighted by Gasteiger charge is -2.18. The number of hydrogen-bond acceptors (Lipinski definition) is 4. The highest BCUT2D eigenvalue weighted by Crippen LogP contribution is 2.17.